The number of nitrogens with zero attached hydrogens (tertiary/aromatic N) is 8. The standard InChI is InChI=1S/C80H54N8/c1-7-27-55(28-8-1)67-53-69(83-79(81-67)57-31-11-3-12-32-57)61-47-59(49-65(51-61)87-75-43-23-19-39-71(75)85(63-35-15-5-16-36-63)72-40-20-24-44-76(72)87)60-48-62(70-54-68(56-29-9-2-10-30-56)82-80(84-70)58-33-13-4-14-34-58)52-66(50-60)88-77-45-25-21-41-73(77)86(64-37-17-6-18-38-64)74-42-22-26-46-78(74)88/h1-54H. The third-order valence-electron chi connectivity index (χ3n) is 16.4. The first-order chi connectivity index (χ1) is 43.6. The van der Waals surface area contributed by atoms with Crippen LogP contribution in [0.25, 0.3) is 78.9 Å². The van der Waals surface area contributed by atoms with E-state index in [4.69, 9.17) is 19.9 Å². The molecule has 0 atom stereocenters. The molecule has 0 radical (unpaired) electrons. The van der Waals surface area contributed by atoms with Crippen LogP contribution in [-0.4, -0.2) is 19.9 Å². The second-order valence-electron chi connectivity index (χ2n) is 21.9. The fourth-order valence-corrected chi connectivity index (χ4v) is 12.4. The van der Waals surface area contributed by atoms with E-state index < -0.39 is 0 Å². The third-order valence-corrected chi connectivity index (χ3v) is 16.4. The first-order valence-electron chi connectivity index (χ1n) is 29.6. The average molecular weight is 1130 g/mol. The largest absolute Gasteiger partial charge is 0.306 e. The van der Waals surface area contributed by atoms with E-state index in [2.05, 4.69) is 299 Å². The van der Waals surface area contributed by atoms with Gasteiger partial charge in [0.1, 0.15) is 0 Å². The Morgan fingerprint density at radius 1 is 0.159 bits per heavy atom. The van der Waals surface area contributed by atoms with Crippen LogP contribution in [0.4, 0.5) is 68.2 Å². The summed E-state index contributed by atoms with van der Waals surface area (Å²) in [5, 5.41) is 0. The van der Waals surface area contributed by atoms with Gasteiger partial charge < -0.3 is 19.6 Å². The summed E-state index contributed by atoms with van der Waals surface area (Å²) >= 11 is 0. The Balaban J connectivity index is 0.982. The fraction of sp³-hybridized carbons (Fsp3) is 0. The maximum Gasteiger partial charge on any atom is 0.160 e. The summed E-state index contributed by atoms with van der Waals surface area (Å²) in [6.07, 6.45) is 0. The molecule has 0 unspecified atom stereocenters. The third kappa shape index (κ3) is 9.48. The van der Waals surface area contributed by atoms with Crippen LogP contribution >= 0.6 is 0 Å². The van der Waals surface area contributed by atoms with Gasteiger partial charge in [0.15, 0.2) is 11.6 Å². The molecule has 0 saturated heterocycles. The van der Waals surface area contributed by atoms with Crippen LogP contribution in [-0.2, 0) is 0 Å². The van der Waals surface area contributed by atoms with E-state index >= 15 is 0 Å². The molecule has 0 aliphatic carbocycles. The van der Waals surface area contributed by atoms with E-state index in [1.165, 1.54) is 0 Å². The van der Waals surface area contributed by atoms with E-state index in [0.29, 0.717) is 11.6 Å². The topological polar surface area (TPSA) is 64.5 Å². The van der Waals surface area contributed by atoms with Gasteiger partial charge in [-0.3, -0.25) is 0 Å². The summed E-state index contributed by atoms with van der Waals surface area (Å²) in [5.41, 5.74) is 23.3. The first kappa shape index (κ1) is 51.6. The average Bonchev–Trinajstić information content (AvgIpc) is 0.988. The lowest BCUT2D eigenvalue weighted by molar-refractivity contribution is 1.16. The molecule has 0 N–H and O–H groups in total. The maximum absolute atomic E-state index is 5.51. The Kier molecular flexibility index (Phi) is 13.0. The van der Waals surface area contributed by atoms with E-state index in [-0.39, 0.29) is 0 Å². The minimum Gasteiger partial charge on any atom is -0.306 e. The summed E-state index contributed by atoms with van der Waals surface area (Å²) in [7, 11) is 0. The predicted octanol–water partition coefficient (Wildman–Crippen LogP) is 21.4. The van der Waals surface area contributed by atoms with Crippen molar-refractivity contribution in [3.8, 4) is 78.9 Å². The lowest BCUT2D eigenvalue weighted by Gasteiger charge is -2.40. The van der Waals surface area contributed by atoms with Gasteiger partial charge in [-0.15, -0.1) is 0 Å². The Bertz CT molecular complexity index is 4350. The minimum absolute atomic E-state index is 0.638. The maximum atomic E-state index is 5.51. The van der Waals surface area contributed by atoms with Crippen LogP contribution in [0.3, 0.4) is 0 Å². The lowest BCUT2D eigenvalue weighted by Crippen LogP contribution is -2.24. The smallest absolute Gasteiger partial charge is 0.160 e. The molecular weight excluding hydrogens is 1070 g/mol. The Hall–Kier alpha value is -12.0. The Morgan fingerprint density at radius 3 is 0.659 bits per heavy atom. The van der Waals surface area contributed by atoms with E-state index in [1.807, 2.05) is 48.5 Å². The molecule has 0 bridgehead atoms. The number of para-hydroxylation sites is 10. The molecule has 12 aromatic carbocycles. The van der Waals surface area contributed by atoms with Gasteiger partial charge in [0.2, 0.25) is 0 Å². The number of hydrogen-bond acceptors (Lipinski definition) is 8. The highest BCUT2D eigenvalue weighted by atomic mass is 15.3. The summed E-state index contributed by atoms with van der Waals surface area (Å²) in [6.45, 7) is 0. The molecule has 88 heavy (non-hydrogen) atoms. The normalized spacial score (nSPS) is 12.2. The molecule has 4 heterocycles. The van der Waals surface area contributed by atoms with Crippen molar-refractivity contribution in [2.75, 3.05) is 19.6 Å². The van der Waals surface area contributed by atoms with E-state index in [1.54, 1.807) is 0 Å². The molecule has 8 heteroatoms. The van der Waals surface area contributed by atoms with E-state index in [9.17, 15) is 0 Å². The molecule has 0 saturated carbocycles. The molecule has 0 amide bonds. The first-order valence-corrected chi connectivity index (χ1v) is 29.6. The van der Waals surface area contributed by atoms with Crippen molar-refractivity contribution in [2.45, 2.75) is 0 Å². The molecule has 2 aliphatic rings. The zero-order chi connectivity index (χ0) is 58.3. The summed E-state index contributed by atoms with van der Waals surface area (Å²) in [4.78, 5) is 31.1. The van der Waals surface area contributed by atoms with Crippen molar-refractivity contribution in [3.63, 3.8) is 0 Å². The zero-order valence-electron chi connectivity index (χ0n) is 47.8. The monoisotopic (exact) mass is 1130 g/mol. The quantitative estimate of drug-likeness (QED) is 0.127. The van der Waals surface area contributed by atoms with Gasteiger partial charge in [-0.2, -0.15) is 0 Å². The molecule has 0 fully saturated rings. The van der Waals surface area contributed by atoms with Gasteiger partial charge >= 0.3 is 0 Å². The van der Waals surface area contributed by atoms with Gasteiger partial charge in [-0.25, -0.2) is 19.9 Å². The Labute approximate surface area is 511 Å². The highest BCUT2D eigenvalue weighted by Gasteiger charge is 2.33. The van der Waals surface area contributed by atoms with Crippen molar-refractivity contribution in [1.82, 2.24) is 19.9 Å². The summed E-state index contributed by atoms with van der Waals surface area (Å²) in [5.74, 6) is 1.28. The molecule has 14 aromatic rings. The van der Waals surface area contributed by atoms with Crippen molar-refractivity contribution in [1.29, 1.82) is 0 Å². The van der Waals surface area contributed by atoms with Crippen molar-refractivity contribution in [2.24, 2.45) is 0 Å². The molecule has 16 rings (SSSR count). The number of aromatic nitrogens is 4. The highest BCUT2D eigenvalue weighted by Crippen LogP contribution is 2.57. The van der Waals surface area contributed by atoms with Crippen LogP contribution in [0.2, 0.25) is 0 Å². The number of rotatable bonds is 11. The molecule has 2 aromatic heterocycles. The molecule has 414 valence electrons. The van der Waals surface area contributed by atoms with Crippen LogP contribution < -0.4 is 19.6 Å². The minimum atomic E-state index is 0.638. The van der Waals surface area contributed by atoms with Crippen LogP contribution in [0, 0.1) is 0 Å². The second-order valence-corrected chi connectivity index (χ2v) is 21.9. The SMILES string of the molecule is c1ccc(-c2cc(-c3cc(-c4cc(-c5cc(-c6ccccc6)nc(-c6ccccc6)n5)cc(N5c6ccccc6N(c6ccccc6)c6ccccc65)c4)cc(N4c5ccccc5N(c5ccccc5)c5ccccc54)c3)nc(-c3ccccc3)n2)cc1. The fourth-order valence-electron chi connectivity index (χ4n) is 12.4. The van der Waals surface area contributed by atoms with Crippen LogP contribution in [0.5, 0.6) is 0 Å². The molecule has 8 nitrogen and oxygen atoms in total. The van der Waals surface area contributed by atoms with Crippen LogP contribution in [0.1, 0.15) is 0 Å². The zero-order valence-corrected chi connectivity index (χ0v) is 47.8. The van der Waals surface area contributed by atoms with Crippen molar-refractivity contribution >= 4 is 68.2 Å². The van der Waals surface area contributed by atoms with Crippen molar-refractivity contribution < 1.29 is 0 Å². The summed E-state index contributed by atoms with van der Waals surface area (Å²) < 4.78 is 0. The number of anilines is 12. The second kappa shape index (κ2) is 22.2. The number of fused-ring (bicyclic) bond motifs is 4. The van der Waals surface area contributed by atoms with Gasteiger partial charge in [-0.05, 0) is 132 Å². The predicted molar refractivity (Wildman–Crippen MR) is 362 cm³/mol. The lowest BCUT2D eigenvalue weighted by atomic mass is 9.94. The molecular formula is C80H54N8. The van der Waals surface area contributed by atoms with Gasteiger partial charge in [0.25, 0.3) is 0 Å². The Morgan fingerprint density at radius 2 is 0.375 bits per heavy atom. The molecule has 2 aliphatic heterocycles. The van der Waals surface area contributed by atoms with Crippen molar-refractivity contribution in [3.05, 3.63) is 328 Å². The van der Waals surface area contributed by atoms with Gasteiger partial charge in [-0.1, -0.05) is 206 Å². The highest BCUT2D eigenvalue weighted by molar-refractivity contribution is 6.04. The van der Waals surface area contributed by atoms with Gasteiger partial charge in [0.05, 0.1) is 68.3 Å². The summed E-state index contributed by atoms with van der Waals surface area (Å²) in [6, 6.07) is 116. The molecule has 0 spiro atoms. The number of benzene rings is 12. The van der Waals surface area contributed by atoms with E-state index in [0.717, 1.165) is 136 Å². The number of hydrogen-bond donors (Lipinski definition) is 0. The van der Waals surface area contributed by atoms with Gasteiger partial charge in [0, 0.05) is 56.1 Å². The van der Waals surface area contributed by atoms with Crippen LogP contribution in [0.15, 0.2) is 328 Å².